The number of aliphatic hydroxyl groups is 14. The second-order valence-corrected chi connectivity index (χ2v) is 27.1. The summed E-state index contributed by atoms with van der Waals surface area (Å²) in [6.07, 6.45) is -32.3. The molecule has 25 nitrogen and oxygen atoms in total. The molecule has 0 amide bonds. The Labute approximate surface area is 464 Å². The van der Waals surface area contributed by atoms with Crippen LogP contribution in [0.4, 0.5) is 0 Å². The molecule has 5 aliphatic carbocycles. The summed E-state index contributed by atoms with van der Waals surface area (Å²) >= 11 is 0. The number of ether oxygens (including phenoxy) is 8. The third kappa shape index (κ3) is 9.56. The van der Waals surface area contributed by atoms with Gasteiger partial charge in [0, 0.05) is 5.41 Å². The third-order valence-electron chi connectivity index (χ3n) is 22.0. The van der Waals surface area contributed by atoms with Crippen LogP contribution in [0.25, 0.3) is 0 Å². The summed E-state index contributed by atoms with van der Waals surface area (Å²) in [6.45, 7) is 14.6. The lowest BCUT2D eigenvalue weighted by atomic mass is 9.31. The number of carbonyl (C=O) groups excluding carboxylic acids is 1. The van der Waals surface area contributed by atoms with Gasteiger partial charge in [0.2, 0.25) is 6.29 Å². The van der Waals surface area contributed by atoms with E-state index < -0.39 is 199 Å². The van der Waals surface area contributed by atoms with Crippen molar-refractivity contribution in [2.75, 3.05) is 19.8 Å². The smallest absolute Gasteiger partial charge is 0.335 e. The predicted molar refractivity (Wildman–Crippen MR) is 269 cm³/mol. The van der Waals surface area contributed by atoms with Crippen molar-refractivity contribution in [2.45, 2.75) is 248 Å². The van der Waals surface area contributed by atoms with Crippen LogP contribution in [-0.4, -0.2) is 243 Å². The van der Waals surface area contributed by atoms with Crippen molar-refractivity contribution in [1.29, 1.82) is 0 Å². The van der Waals surface area contributed by atoms with E-state index in [-0.39, 0.29) is 30.1 Å². The van der Waals surface area contributed by atoms with Crippen LogP contribution in [0, 0.1) is 49.7 Å². The zero-order valence-electron chi connectivity index (χ0n) is 46.7. The highest BCUT2D eigenvalue weighted by Crippen LogP contribution is 2.78. The minimum absolute atomic E-state index is 0.0141. The first kappa shape index (κ1) is 62.4. The van der Waals surface area contributed by atoms with Crippen LogP contribution in [-0.2, 0) is 47.5 Å². The van der Waals surface area contributed by atoms with E-state index in [9.17, 15) is 81.4 Å². The lowest BCUT2D eigenvalue weighted by molar-refractivity contribution is -0.396. The maximum absolute atomic E-state index is 15.1. The number of esters is 1. The molecule has 0 aromatic heterocycles. The summed E-state index contributed by atoms with van der Waals surface area (Å²) in [5.41, 5.74) is -4.15. The van der Waals surface area contributed by atoms with Gasteiger partial charge in [-0.2, -0.15) is 0 Å². The van der Waals surface area contributed by atoms with Crippen molar-refractivity contribution in [3.63, 3.8) is 0 Å². The highest BCUT2D eigenvalue weighted by molar-refractivity contribution is 5.81. The van der Waals surface area contributed by atoms with Gasteiger partial charge in [-0.3, -0.25) is 4.79 Å². The van der Waals surface area contributed by atoms with Gasteiger partial charge in [-0.15, -0.1) is 0 Å². The van der Waals surface area contributed by atoms with Crippen LogP contribution in [0.3, 0.4) is 0 Å². The number of carboxylic acid groups (broad SMARTS) is 1. The molecule has 25 heteroatoms. The van der Waals surface area contributed by atoms with Gasteiger partial charge in [0.05, 0.1) is 32.0 Å². The largest absolute Gasteiger partial charge is 0.479 e. The minimum atomic E-state index is -2.18. The number of carbonyl (C=O) groups is 2. The molecule has 29 atom stereocenters. The van der Waals surface area contributed by atoms with Crippen LogP contribution in [0.1, 0.15) is 113 Å². The Morgan fingerprint density at radius 3 is 1.59 bits per heavy atom. The van der Waals surface area contributed by atoms with Crippen LogP contribution >= 0.6 is 0 Å². The molecular formula is C55H88O25. The molecule has 0 bridgehead atoms. The first-order chi connectivity index (χ1) is 37.2. The van der Waals surface area contributed by atoms with Crippen molar-refractivity contribution in [3.8, 4) is 0 Å². The molecular weight excluding hydrogens is 1060 g/mol. The molecule has 4 aliphatic heterocycles. The summed E-state index contributed by atoms with van der Waals surface area (Å²) in [6, 6.07) is 0. The fraction of sp³-hybridized carbons (Fsp3) is 0.927. The topological polar surface area (TPSA) is 411 Å². The summed E-state index contributed by atoms with van der Waals surface area (Å²) in [5, 5.41) is 162. The van der Waals surface area contributed by atoms with Crippen molar-refractivity contribution < 1.29 is 124 Å². The number of carboxylic acids is 1. The normalized spacial score (nSPS) is 53.7. The van der Waals surface area contributed by atoms with E-state index in [1.807, 2.05) is 20.8 Å². The molecule has 0 spiro atoms. The second-order valence-electron chi connectivity index (χ2n) is 27.1. The Bertz CT molecular complexity index is 2280. The van der Waals surface area contributed by atoms with Gasteiger partial charge in [0.25, 0.3) is 0 Å². The van der Waals surface area contributed by atoms with Crippen molar-refractivity contribution >= 4 is 11.9 Å². The molecule has 80 heavy (non-hydrogen) atoms. The zero-order valence-corrected chi connectivity index (χ0v) is 46.7. The summed E-state index contributed by atoms with van der Waals surface area (Å²) in [5.74, 6) is -2.61. The van der Waals surface area contributed by atoms with Crippen LogP contribution in [0.15, 0.2) is 11.6 Å². The summed E-state index contributed by atoms with van der Waals surface area (Å²) in [7, 11) is 0. The molecule has 458 valence electrons. The third-order valence-corrected chi connectivity index (χ3v) is 22.0. The molecule has 9 aliphatic rings. The lowest BCUT2D eigenvalue weighted by Gasteiger charge is -2.73. The zero-order chi connectivity index (χ0) is 58.9. The minimum Gasteiger partial charge on any atom is -0.479 e. The van der Waals surface area contributed by atoms with E-state index in [0.29, 0.717) is 44.9 Å². The Balaban J connectivity index is 1.03. The lowest BCUT2D eigenvalue weighted by Crippen LogP contribution is -2.71. The van der Waals surface area contributed by atoms with Gasteiger partial charge < -0.3 is 114 Å². The number of allylic oxidation sites excluding steroid dienone is 2. The summed E-state index contributed by atoms with van der Waals surface area (Å²) in [4.78, 5) is 28.0. The Morgan fingerprint density at radius 2 is 1.06 bits per heavy atom. The quantitative estimate of drug-likeness (QED) is 0.0542. The number of rotatable bonds is 12. The van der Waals surface area contributed by atoms with Crippen molar-refractivity contribution in [3.05, 3.63) is 11.6 Å². The molecule has 0 aromatic carbocycles. The van der Waals surface area contributed by atoms with Crippen LogP contribution < -0.4 is 0 Å². The average Bonchev–Trinajstić information content (AvgIpc) is 1.52. The number of fused-ring (bicyclic) bond motifs is 7. The average molecular weight is 1150 g/mol. The van der Waals surface area contributed by atoms with E-state index in [1.165, 1.54) is 0 Å². The summed E-state index contributed by atoms with van der Waals surface area (Å²) < 4.78 is 48.2. The monoisotopic (exact) mass is 1150 g/mol. The molecule has 4 saturated carbocycles. The Hall–Kier alpha value is -2.16. The molecule has 0 aromatic rings. The fourth-order valence-electron chi connectivity index (χ4n) is 17.5. The molecule has 4 heterocycles. The highest BCUT2D eigenvalue weighted by atomic mass is 16.8. The molecule has 4 saturated heterocycles. The second kappa shape index (κ2) is 22.0. The molecule has 0 unspecified atom stereocenters. The fourth-order valence-corrected chi connectivity index (χ4v) is 17.5. The van der Waals surface area contributed by atoms with Gasteiger partial charge in [-0.25, -0.2) is 4.79 Å². The van der Waals surface area contributed by atoms with Gasteiger partial charge in [0.1, 0.15) is 97.0 Å². The van der Waals surface area contributed by atoms with Crippen molar-refractivity contribution in [2.24, 2.45) is 49.7 Å². The van der Waals surface area contributed by atoms with Gasteiger partial charge in [-0.1, -0.05) is 67.0 Å². The maximum Gasteiger partial charge on any atom is 0.335 e. The van der Waals surface area contributed by atoms with Crippen LogP contribution in [0.2, 0.25) is 0 Å². The predicted octanol–water partition coefficient (Wildman–Crippen LogP) is -2.58. The van der Waals surface area contributed by atoms with E-state index >= 15 is 4.79 Å². The standard InChI is InChI=1S/C55H88O25/c1-49(2)15-16-55(48(72)80-46-38(68)35(65)32(62)24(20-58)75-46)28(59)17-53(7)27(54(55,8)21-49)10-9-26-51(5)13-12-29(50(3,4)25(51)11-14-52(26,53)6)76-47-42(79-45-37(67)34(64)31(61)23(19-57)74-45)40(39(69)41(78-47)43(70)71)77-44-36(66)33(63)30(60)22(18-56)73-44/h10,22-26,28-42,44-47,56-69H,9,11-21H2,1-8H3,(H,70,71)/t22-,23-,24-,25+,26-,28+,29+,30+,31-,32-,33+,34+,35+,36-,37-,38-,39+,40+,41+,42-,44+,45+,46+,47-,51+,52-,53-,54+,55-/m1/s1. The first-order valence-corrected chi connectivity index (χ1v) is 28.3. The Morgan fingerprint density at radius 1 is 0.550 bits per heavy atom. The number of aliphatic hydroxyl groups excluding tert-OH is 14. The van der Waals surface area contributed by atoms with Crippen LogP contribution in [0.5, 0.6) is 0 Å². The van der Waals surface area contributed by atoms with E-state index in [1.54, 1.807) is 0 Å². The molecule has 8 fully saturated rings. The van der Waals surface area contributed by atoms with Gasteiger partial charge in [0.15, 0.2) is 25.0 Å². The molecule has 15 N–H and O–H groups in total. The van der Waals surface area contributed by atoms with Gasteiger partial charge in [-0.05, 0) is 96.7 Å². The Kier molecular flexibility index (Phi) is 17.1. The maximum atomic E-state index is 15.1. The highest BCUT2D eigenvalue weighted by Gasteiger charge is 2.75. The van der Waals surface area contributed by atoms with Crippen molar-refractivity contribution in [1.82, 2.24) is 0 Å². The first-order valence-electron chi connectivity index (χ1n) is 28.3. The molecule has 9 rings (SSSR count). The molecule has 0 radical (unpaired) electrons. The SMILES string of the molecule is CC1(C)CC[C@]2(C(=O)O[C@@H]3O[C@H](CO)[C@@H](O)[C@H](O)[C@H]3O)[C@@H](O)C[C@]3(C)C(=CC[C@@H]4[C@@]5(C)CC[C@H](O[C@@H]6O[C@H](C(=O)O)[C@@H](O)[C@H](O[C@@H]7O[C@H](CO)[C@H](O)[C@H](O)[C@H]7O)[C@H]6O[C@@H]6O[C@H](CO)[C@@H](O)[C@H](O)[C@H]6O)C(C)(C)[C@@H]5CC[C@]43C)[C@]2(C)C1. The number of hydrogen-bond donors (Lipinski definition) is 15. The number of aliphatic carboxylic acids is 1. The van der Waals surface area contributed by atoms with E-state index in [0.717, 1.165) is 5.57 Å². The van der Waals surface area contributed by atoms with Gasteiger partial charge >= 0.3 is 11.9 Å². The number of hydrogen-bond acceptors (Lipinski definition) is 24. The van der Waals surface area contributed by atoms with E-state index in [4.69, 9.17) is 37.9 Å². The van der Waals surface area contributed by atoms with E-state index in [2.05, 4.69) is 40.7 Å².